The first-order valence-electron chi connectivity index (χ1n) is 6.42. The molecule has 3 atom stereocenters. The molecule has 1 aliphatic rings. The number of nitrogens with zero attached hydrogens (tertiary/aromatic N) is 1. The molecule has 0 bridgehead atoms. The van der Waals surface area contributed by atoms with Crippen molar-refractivity contribution in [3.05, 3.63) is 34.9 Å². The third-order valence-corrected chi connectivity index (χ3v) is 3.70. The third-order valence-electron chi connectivity index (χ3n) is 3.36. The zero-order valence-electron chi connectivity index (χ0n) is 11.2. The highest BCUT2D eigenvalue weighted by Crippen LogP contribution is 2.30. The zero-order valence-corrected chi connectivity index (χ0v) is 11.9. The van der Waals surface area contributed by atoms with Crippen LogP contribution in [0.15, 0.2) is 24.3 Å². The van der Waals surface area contributed by atoms with Gasteiger partial charge < -0.3 is 15.4 Å². The summed E-state index contributed by atoms with van der Waals surface area (Å²) < 4.78 is 5.80. The Kier molecular flexibility index (Phi) is 4.45. The molecule has 1 aliphatic heterocycles. The van der Waals surface area contributed by atoms with Gasteiger partial charge in [0.15, 0.2) is 0 Å². The lowest BCUT2D eigenvalue weighted by atomic mass is 10.1. The topological polar surface area (TPSA) is 55.6 Å². The Morgan fingerprint density at radius 1 is 1.53 bits per heavy atom. The van der Waals surface area contributed by atoms with Crippen LogP contribution < -0.4 is 5.73 Å². The van der Waals surface area contributed by atoms with Crippen LogP contribution in [-0.2, 0) is 9.53 Å². The summed E-state index contributed by atoms with van der Waals surface area (Å²) in [7, 11) is 0. The number of hydrogen-bond donors (Lipinski definition) is 1. The van der Waals surface area contributed by atoms with Gasteiger partial charge in [-0.25, -0.2) is 0 Å². The minimum Gasteiger partial charge on any atom is -0.369 e. The molecular formula is C14H19ClN2O2. The first kappa shape index (κ1) is 14.3. The second-order valence-electron chi connectivity index (χ2n) is 4.97. The second-order valence-corrected chi connectivity index (χ2v) is 5.38. The summed E-state index contributed by atoms with van der Waals surface area (Å²) >= 11 is 6.18. The highest BCUT2D eigenvalue weighted by Gasteiger charge is 2.32. The number of amides is 1. The van der Waals surface area contributed by atoms with Gasteiger partial charge >= 0.3 is 0 Å². The molecule has 0 spiro atoms. The fourth-order valence-electron chi connectivity index (χ4n) is 2.25. The average molecular weight is 283 g/mol. The van der Waals surface area contributed by atoms with Crippen LogP contribution in [0.4, 0.5) is 0 Å². The summed E-state index contributed by atoms with van der Waals surface area (Å²) in [5.41, 5.74) is 6.60. The molecule has 0 radical (unpaired) electrons. The van der Waals surface area contributed by atoms with Crippen molar-refractivity contribution in [3.8, 4) is 0 Å². The lowest BCUT2D eigenvalue weighted by molar-refractivity contribution is -0.145. The summed E-state index contributed by atoms with van der Waals surface area (Å²) in [4.78, 5) is 13.9. The van der Waals surface area contributed by atoms with E-state index in [-0.39, 0.29) is 18.1 Å². The van der Waals surface area contributed by atoms with E-state index in [1.807, 2.05) is 31.2 Å². The predicted octanol–water partition coefficient (Wildman–Crippen LogP) is 1.98. The number of carbonyl (C=O) groups excluding carboxylic acids is 1. The smallest absolute Gasteiger partial charge is 0.239 e. The molecule has 2 N–H and O–H groups in total. The van der Waals surface area contributed by atoms with Crippen molar-refractivity contribution in [2.24, 2.45) is 5.73 Å². The van der Waals surface area contributed by atoms with Crippen LogP contribution in [0.25, 0.3) is 0 Å². The predicted molar refractivity (Wildman–Crippen MR) is 75.0 cm³/mol. The van der Waals surface area contributed by atoms with E-state index in [0.717, 1.165) is 5.56 Å². The fraction of sp³-hybridized carbons (Fsp3) is 0.500. The number of carbonyl (C=O) groups is 1. The lowest BCUT2D eigenvalue weighted by Gasteiger charge is -2.39. The molecule has 1 saturated heterocycles. The maximum absolute atomic E-state index is 12.1. The molecule has 1 aromatic carbocycles. The van der Waals surface area contributed by atoms with Gasteiger partial charge in [-0.15, -0.1) is 0 Å². The molecule has 1 fully saturated rings. The largest absolute Gasteiger partial charge is 0.369 e. The standard InChI is InChI=1S/C14H19ClN2O2/c1-9-8-19-13(7-17(9)14(18)10(2)16)11-5-3-4-6-12(11)15/h3-6,9-10,13H,7-8,16H2,1-2H3/t9-,10+,13+/m1/s1. The van der Waals surface area contributed by atoms with E-state index in [2.05, 4.69) is 0 Å². The molecule has 2 rings (SSSR count). The van der Waals surface area contributed by atoms with Gasteiger partial charge in [0.25, 0.3) is 0 Å². The molecule has 1 amide bonds. The van der Waals surface area contributed by atoms with Crippen LogP contribution in [0, 0.1) is 0 Å². The molecule has 1 aromatic rings. The molecule has 104 valence electrons. The monoisotopic (exact) mass is 282 g/mol. The Morgan fingerprint density at radius 2 is 2.21 bits per heavy atom. The quantitative estimate of drug-likeness (QED) is 0.902. The van der Waals surface area contributed by atoms with Gasteiger partial charge in [0, 0.05) is 10.6 Å². The van der Waals surface area contributed by atoms with Gasteiger partial charge in [0.2, 0.25) is 5.91 Å². The number of ether oxygens (including phenoxy) is 1. The number of morpholine rings is 1. The number of hydrogen-bond acceptors (Lipinski definition) is 3. The number of nitrogens with two attached hydrogens (primary N) is 1. The summed E-state index contributed by atoms with van der Waals surface area (Å²) in [6, 6.07) is 7.10. The molecule has 0 aromatic heterocycles. The Morgan fingerprint density at radius 3 is 2.84 bits per heavy atom. The molecule has 19 heavy (non-hydrogen) atoms. The summed E-state index contributed by atoms with van der Waals surface area (Å²) in [6.45, 7) is 4.65. The molecule has 0 aliphatic carbocycles. The van der Waals surface area contributed by atoms with Crippen LogP contribution in [0.2, 0.25) is 5.02 Å². The van der Waals surface area contributed by atoms with E-state index >= 15 is 0 Å². The summed E-state index contributed by atoms with van der Waals surface area (Å²) in [5.74, 6) is -0.0483. The lowest BCUT2D eigenvalue weighted by Crippen LogP contribution is -2.52. The van der Waals surface area contributed by atoms with Crippen molar-refractivity contribution >= 4 is 17.5 Å². The number of benzene rings is 1. The Bertz CT molecular complexity index is 465. The van der Waals surface area contributed by atoms with Crippen molar-refractivity contribution in [2.45, 2.75) is 32.0 Å². The molecule has 4 nitrogen and oxygen atoms in total. The SMILES string of the molecule is C[C@H](N)C(=O)N1C[C@@H](c2ccccc2Cl)OC[C@H]1C. The minimum atomic E-state index is -0.493. The Labute approximate surface area is 118 Å². The molecule has 0 saturated carbocycles. The average Bonchev–Trinajstić information content (AvgIpc) is 2.39. The van der Waals surface area contributed by atoms with Gasteiger partial charge in [-0.3, -0.25) is 4.79 Å². The fourth-order valence-corrected chi connectivity index (χ4v) is 2.51. The third kappa shape index (κ3) is 3.08. The first-order valence-corrected chi connectivity index (χ1v) is 6.80. The molecule has 0 unspecified atom stereocenters. The van der Waals surface area contributed by atoms with Gasteiger partial charge in [-0.1, -0.05) is 29.8 Å². The van der Waals surface area contributed by atoms with E-state index < -0.39 is 6.04 Å². The van der Waals surface area contributed by atoms with Crippen LogP contribution in [0.1, 0.15) is 25.5 Å². The Hall–Kier alpha value is -1.10. The maximum atomic E-state index is 12.1. The molecular weight excluding hydrogens is 264 g/mol. The van der Waals surface area contributed by atoms with Gasteiger partial charge in [-0.05, 0) is 19.9 Å². The van der Waals surface area contributed by atoms with E-state index in [9.17, 15) is 4.79 Å². The molecule has 5 heteroatoms. The van der Waals surface area contributed by atoms with Crippen molar-refractivity contribution in [1.82, 2.24) is 4.90 Å². The summed E-state index contributed by atoms with van der Waals surface area (Å²) in [5, 5.41) is 0.662. The van der Waals surface area contributed by atoms with E-state index in [1.165, 1.54) is 0 Å². The van der Waals surface area contributed by atoms with Crippen LogP contribution in [0.5, 0.6) is 0 Å². The highest BCUT2D eigenvalue weighted by atomic mass is 35.5. The van der Waals surface area contributed by atoms with E-state index in [1.54, 1.807) is 11.8 Å². The number of rotatable bonds is 2. The zero-order chi connectivity index (χ0) is 14.0. The Balaban J connectivity index is 2.18. The normalized spacial score (nSPS) is 25.2. The van der Waals surface area contributed by atoms with Crippen molar-refractivity contribution in [2.75, 3.05) is 13.2 Å². The van der Waals surface area contributed by atoms with Crippen LogP contribution in [0.3, 0.4) is 0 Å². The van der Waals surface area contributed by atoms with Gasteiger partial charge in [-0.2, -0.15) is 0 Å². The van der Waals surface area contributed by atoms with Crippen molar-refractivity contribution < 1.29 is 9.53 Å². The minimum absolute atomic E-state index is 0.0391. The number of halogens is 1. The van der Waals surface area contributed by atoms with Crippen LogP contribution >= 0.6 is 11.6 Å². The molecule has 1 heterocycles. The van der Waals surface area contributed by atoms with Gasteiger partial charge in [0.05, 0.1) is 25.2 Å². The maximum Gasteiger partial charge on any atom is 0.239 e. The van der Waals surface area contributed by atoms with Gasteiger partial charge in [0.1, 0.15) is 6.10 Å². The van der Waals surface area contributed by atoms with E-state index in [0.29, 0.717) is 18.2 Å². The van der Waals surface area contributed by atoms with E-state index in [4.69, 9.17) is 22.1 Å². The summed E-state index contributed by atoms with van der Waals surface area (Å²) in [6.07, 6.45) is -0.187. The first-order chi connectivity index (χ1) is 9.00. The van der Waals surface area contributed by atoms with Crippen LogP contribution in [-0.4, -0.2) is 36.0 Å². The van der Waals surface area contributed by atoms with Crippen molar-refractivity contribution in [3.63, 3.8) is 0 Å². The second kappa shape index (κ2) is 5.90. The highest BCUT2D eigenvalue weighted by molar-refractivity contribution is 6.31. The van der Waals surface area contributed by atoms with Crippen molar-refractivity contribution in [1.29, 1.82) is 0 Å².